The number of ketones is 1. The number of benzene rings is 2. The zero-order valence-corrected chi connectivity index (χ0v) is 29.0. The first-order chi connectivity index (χ1) is 22.6. The van der Waals surface area contributed by atoms with E-state index in [1.165, 1.54) is 10.5 Å². The van der Waals surface area contributed by atoms with E-state index in [4.69, 9.17) is 9.47 Å². The Bertz CT molecular complexity index is 1550. The number of carbonyl (C=O) groups is 2. The van der Waals surface area contributed by atoms with Crippen LogP contribution in [0.4, 0.5) is 4.79 Å². The molecule has 2 bridgehead atoms. The summed E-state index contributed by atoms with van der Waals surface area (Å²) in [5, 5.41) is 25.7. The second kappa shape index (κ2) is 15.2. The molecule has 4 atom stereocenters. The molecule has 0 aliphatic heterocycles. The molecule has 1 fully saturated rings. The molecule has 3 aliphatic carbocycles. The van der Waals surface area contributed by atoms with E-state index in [-0.39, 0.29) is 24.9 Å². The van der Waals surface area contributed by atoms with Gasteiger partial charge in [0.25, 0.3) is 0 Å². The van der Waals surface area contributed by atoms with Crippen LogP contribution in [-0.2, 0) is 17.6 Å². The topological polar surface area (TPSA) is 96.3 Å². The van der Waals surface area contributed by atoms with E-state index in [9.17, 15) is 19.8 Å². The monoisotopic (exact) mass is 659 g/mol. The van der Waals surface area contributed by atoms with Crippen molar-refractivity contribution < 1.29 is 29.3 Å². The normalized spacial score (nSPS) is 24.6. The summed E-state index contributed by atoms with van der Waals surface area (Å²) in [5.41, 5.74) is 2.32. The molecule has 1 heterocycles. The highest BCUT2D eigenvalue weighted by Gasteiger charge is 2.57. The Morgan fingerprint density at radius 3 is 2.57 bits per heavy atom. The number of rotatable bonds is 9. The first-order valence-electron chi connectivity index (χ1n) is 16.9. The molecule has 0 radical (unpaired) electrons. The first-order valence-corrected chi connectivity index (χ1v) is 17.8. The van der Waals surface area contributed by atoms with Gasteiger partial charge in [-0.3, -0.25) is 4.79 Å². The summed E-state index contributed by atoms with van der Waals surface area (Å²) in [6.07, 6.45) is 6.42. The number of thiophene rings is 1. The van der Waals surface area contributed by atoms with E-state index in [1.54, 1.807) is 54.5 Å². The van der Waals surface area contributed by atoms with E-state index < -0.39 is 23.2 Å². The fourth-order valence-corrected chi connectivity index (χ4v) is 8.26. The third-order valence-electron chi connectivity index (χ3n) is 10.5. The third-order valence-corrected chi connectivity index (χ3v) is 11.4. The van der Waals surface area contributed by atoms with Gasteiger partial charge in [0.1, 0.15) is 5.75 Å². The Morgan fingerprint density at radius 2 is 1.87 bits per heavy atom. The number of hydrogen-bond acceptors (Lipinski definition) is 7. The lowest BCUT2D eigenvalue weighted by molar-refractivity contribution is -0.0807. The molecule has 47 heavy (non-hydrogen) atoms. The lowest BCUT2D eigenvalue weighted by atomic mass is 9.64. The lowest BCUT2D eigenvalue weighted by Crippen LogP contribution is -2.54. The van der Waals surface area contributed by atoms with Gasteiger partial charge in [0.15, 0.2) is 5.78 Å². The fourth-order valence-electron chi connectivity index (χ4n) is 7.56. The Kier molecular flexibility index (Phi) is 11.3. The average molecular weight is 660 g/mol. The van der Waals surface area contributed by atoms with E-state index in [0.717, 1.165) is 24.0 Å². The van der Waals surface area contributed by atoms with Gasteiger partial charge in [0, 0.05) is 28.0 Å². The highest BCUT2D eigenvalue weighted by atomic mass is 32.1. The van der Waals surface area contributed by atoms with Crippen LogP contribution in [0, 0.1) is 5.41 Å². The summed E-state index contributed by atoms with van der Waals surface area (Å²) in [6.45, 7) is 6.90. The van der Waals surface area contributed by atoms with Crippen LogP contribution in [0.2, 0.25) is 0 Å². The number of methoxy groups -OCH3 is 1. The molecule has 8 heteroatoms. The molecular weight excluding hydrogens is 610 g/mol. The SMILES string of the molecule is CCOC(=O)N(CCc1cccs1)C[C@]1(O)CC[C@H]2c3ccc(cc3C(=O)c3ccc(OC)cc3)C[C@@H](O)CCC(C)=CCC[C@@]21C. The molecule has 252 valence electrons. The van der Waals surface area contributed by atoms with Gasteiger partial charge >= 0.3 is 6.09 Å². The summed E-state index contributed by atoms with van der Waals surface area (Å²) < 4.78 is 10.8. The molecule has 0 saturated heterocycles. The second-order valence-electron chi connectivity index (χ2n) is 13.5. The molecule has 0 spiro atoms. The van der Waals surface area contributed by atoms with E-state index in [1.807, 2.05) is 29.6 Å². The molecule has 1 aromatic heterocycles. The molecule has 7 nitrogen and oxygen atoms in total. The van der Waals surface area contributed by atoms with Crippen LogP contribution in [0.25, 0.3) is 0 Å². The highest BCUT2D eigenvalue weighted by Crippen LogP contribution is 2.59. The number of carbonyl (C=O) groups excluding carboxylic acids is 2. The maximum absolute atomic E-state index is 14.3. The number of hydrogen-bond donors (Lipinski definition) is 2. The van der Waals surface area contributed by atoms with Gasteiger partial charge in [-0.2, -0.15) is 0 Å². The van der Waals surface area contributed by atoms with E-state index in [2.05, 4.69) is 26.0 Å². The fraction of sp³-hybridized carbons (Fsp3) is 0.487. The molecule has 3 aromatic rings. The molecular formula is C39H49NO6S. The maximum atomic E-state index is 14.3. The van der Waals surface area contributed by atoms with Crippen LogP contribution in [-0.4, -0.2) is 65.5 Å². The van der Waals surface area contributed by atoms with Gasteiger partial charge in [-0.1, -0.05) is 36.8 Å². The minimum Gasteiger partial charge on any atom is -0.497 e. The second-order valence-corrected chi connectivity index (χ2v) is 14.5. The largest absolute Gasteiger partial charge is 0.497 e. The molecule has 0 unspecified atom stereocenters. The Hall–Kier alpha value is -3.46. The number of aliphatic hydroxyl groups excluding tert-OH is 1. The van der Waals surface area contributed by atoms with E-state index in [0.29, 0.717) is 61.9 Å². The summed E-state index contributed by atoms with van der Waals surface area (Å²) >= 11 is 1.66. The molecule has 6 rings (SSSR count). The Balaban J connectivity index is 1.56. The van der Waals surface area contributed by atoms with Crippen molar-refractivity contribution in [2.24, 2.45) is 5.41 Å². The van der Waals surface area contributed by atoms with Crippen LogP contribution >= 0.6 is 11.3 Å². The Labute approximate surface area is 283 Å². The van der Waals surface area contributed by atoms with Crippen molar-refractivity contribution in [3.8, 4) is 5.75 Å². The van der Waals surface area contributed by atoms with E-state index >= 15 is 0 Å². The van der Waals surface area contributed by atoms with Crippen LogP contribution in [0.3, 0.4) is 0 Å². The molecule has 2 aromatic carbocycles. The van der Waals surface area contributed by atoms with Gasteiger partial charge < -0.3 is 24.6 Å². The van der Waals surface area contributed by atoms with Crippen molar-refractivity contribution in [2.45, 2.75) is 89.8 Å². The molecule has 1 saturated carbocycles. The van der Waals surface area contributed by atoms with Crippen molar-refractivity contribution in [1.29, 1.82) is 0 Å². The van der Waals surface area contributed by atoms with Gasteiger partial charge in [-0.15, -0.1) is 11.3 Å². The smallest absolute Gasteiger partial charge is 0.409 e. The quantitative estimate of drug-likeness (QED) is 0.180. The van der Waals surface area contributed by atoms with Gasteiger partial charge in [0.05, 0.1) is 32.0 Å². The van der Waals surface area contributed by atoms with Crippen LogP contribution in [0.1, 0.15) is 97.1 Å². The maximum Gasteiger partial charge on any atom is 0.409 e. The Morgan fingerprint density at radius 1 is 1.09 bits per heavy atom. The number of allylic oxidation sites excluding steroid dienone is 2. The van der Waals surface area contributed by atoms with Gasteiger partial charge in [-0.05, 0) is 124 Å². The highest BCUT2D eigenvalue weighted by molar-refractivity contribution is 7.09. The minimum atomic E-state index is -1.21. The summed E-state index contributed by atoms with van der Waals surface area (Å²) in [4.78, 5) is 30.4. The zero-order chi connectivity index (χ0) is 33.6. The summed E-state index contributed by atoms with van der Waals surface area (Å²) in [6, 6.07) is 17.2. The van der Waals surface area contributed by atoms with Gasteiger partial charge in [0.2, 0.25) is 0 Å². The third kappa shape index (κ3) is 7.82. The van der Waals surface area contributed by atoms with Crippen molar-refractivity contribution >= 4 is 23.2 Å². The average Bonchev–Trinajstić information content (AvgIpc) is 3.67. The van der Waals surface area contributed by atoms with Crippen molar-refractivity contribution in [2.75, 3.05) is 26.8 Å². The number of amides is 1. The molecule has 3 aliphatic rings. The zero-order valence-electron chi connectivity index (χ0n) is 28.2. The number of nitrogens with zero attached hydrogens (tertiary/aromatic N) is 1. The standard InChI is InChI=1S/C39H49NO6S/c1-5-46-37(43)40(22-19-32-9-7-23-47-32)26-39(44)21-18-35-33-17-11-28(24-30(41)14-10-27(2)8-6-20-38(35,39)3)25-34(33)36(42)29-12-15-31(45-4)16-13-29/h7-9,11-13,15-17,23,25,30,35,41,44H,5-6,10,14,18-22,24,26H2,1-4H3/t30-,35-,38-,39+/m0/s1. The number of ether oxygens (including phenoxy) is 2. The predicted octanol–water partition coefficient (Wildman–Crippen LogP) is 7.73. The predicted molar refractivity (Wildman–Crippen MR) is 186 cm³/mol. The minimum absolute atomic E-state index is 0.0938. The van der Waals surface area contributed by atoms with Crippen LogP contribution in [0.5, 0.6) is 5.75 Å². The van der Waals surface area contributed by atoms with Gasteiger partial charge in [-0.25, -0.2) is 4.79 Å². The van der Waals surface area contributed by atoms with Crippen molar-refractivity contribution in [1.82, 2.24) is 4.90 Å². The van der Waals surface area contributed by atoms with Crippen LogP contribution in [0.15, 0.2) is 71.6 Å². The molecule has 2 N–H and O–H groups in total. The number of fused-ring (bicyclic) bond motifs is 8. The van der Waals surface area contributed by atoms with Crippen molar-refractivity contribution in [3.63, 3.8) is 0 Å². The number of aliphatic hydroxyl groups is 2. The summed E-state index contributed by atoms with van der Waals surface area (Å²) in [5.74, 6) is 0.445. The van der Waals surface area contributed by atoms with Crippen LogP contribution < -0.4 is 4.74 Å². The van der Waals surface area contributed by atoms with Crippen molar-refractivity contribution in [3.05, 3.63) is 98.8 Å². The summed E-state index contributed by atoms with van der Waals surface area (Å²) in [7, 11) is 1.60. The first kappa shape index (κ1) is 34.9. The lowest BCUT2D eigenvalue weighted by Gasteiger charge is -2.46. The molecule has 1 amide bonds.